The van der Waals surface area contributed by atoms with Crippen LogP contribution in [0.2, 0.25) is 0 Å². The Morgan fingerprint density at radius 1 is 0.969 bits per heavy atom. The van der Waals surface area contributed by atoms with Gasteiger partial charge in [0, 0.05) is 51.1 Å². The molecule has 3 heterocycles. The van der Waals surface area contributed by atoms with Crippen molar-refractivity contribution >= 4 is 29.9 Å². The number of furan rings is 1. The number of halogens is 1. The molecule has 0 radical (unpaired) electrons. The number of morpholine rings is 1. The van der Waals surface area contributed by atoms with Crippen LogP contribution in [-0.2, 0) is 17.7 Å². The zero-order valence-corrected chi connectivity index (χ0v) is 20.7. The minimum absolute atomic E-state index is 0. The average molecular weight is 556 g/mol. The van der Waals surface area contributed by atoms with E-state index < -0.39 is 0 Å². The first-order valence-electron chi connectivity index (χ1n) is 11.1. The number of hydrogen-bond donors (Lipinski definition) is 2. The van der Waals surface area contributed by atoms with Gasteiger partial charge < -0.3 is 29.3 Å². The monoisotopic (exact) mass is 556 g/mol. The zero-order valence-electron chi connectivity index (χ0n) is 18.4. The summed E-state index contributed by atoms with van der Waals surface area (Å²) in [6.07, 6.45) is 3.39. The molecule has 0 atom stereocenters. The number of guanidine groups is 1. The minimum Gasteiger partial charge on any atom is -0.490 e. The third kappa shape index (κ3) is 7.56. The van der Waals surface area contributed by atoms with Crippen molar-refractivity contribution in [3.8, 4) is 11.5 Å². The Morgan fingerprint density at radius 3 is 2.66 bits per heavy atom. The van der Waals surface area contributed by atoms with Gasteiger partial charge in [-0.1, -0.05) is 12.1 Å². The maximum Gasteiger partial charge on any atom is 0.191 e. The van der Waals surface area contributed by atoms with Gasteiger partial charge in [-0.05, 0) is 18.2 Å². The Balaban J connectivity index is 0.00000289. The van der Waals surface area contributed by atoms with Crippen LogP contribution in [0.5, 0.6) is 11.5 Å². The molecule has 32 heavy (non-hydrogen) atoms. The van der Waals surface area contributed by atoms with Gasteiger partial charge in [-0.3, -0.25) is 4.90 Å². The predicted molar refractivity (Wildman–Crippen MR) is 134 cm³/mol. The van der Waals surface area contributed by atoms with Crippen molar-refractivity contribution in [2.75, 3.05) is 59.2 Å². The lowest BCUT2D eigenvalue weighted by molar-refractivity contribution is 0.0389. The molecule has 2 N–H and O–H groups in total. The second kappa shape index (κ2) is 13.5. The number of nitrogens with one attached hydrogen (secondary N) is 2. The van der Waals surface area contributed by atoms with Crippen LogP contribution in [0.15, 0.2) is 46.0 Å². The van der Waals surface area contributed by atoms with Crippen molar-refractivity contribution < 1.29 is 18.6 Å². The fourth-order valence-corrected chi connectivity index (χ4v) is 3.63. The van der Waals surface area contributed by atoms with E-state index in [9.17, 15) is 0 Å². The average Bonchev–Trinajstić information content (AvgIpc) is 3.20. The Morgan fingerprint density at radius 2 is 1.81 bits per heavy atom. The predicted octanol–water partition coefficient (Wildman–Crippen LogP) is 2.67. The van der Waals surface area contributed by atoms with Crippen molar-refractivity contribution in [1.29, 1.82) is 0 Å². The third-order valence-corrected chi connectivity index (χ3v) is 5.33. The summed E-state index contributed by atoms with van der Waals surface area (Å²) in [6, 6.07) is 9.89. The lowest BCUT2D eigenvalue weighted by Gasteiger charge is -2.26. The second-order valence-electron chi connectivity index (χ2n) is 7.60. The molecule has 2 aliphatic heterocycles. The number of benzene rings is 1. The number of fused-ring (bicyclic) bond motifs is 1. The van der Waals surface area contributed by atoms with Crippen LogP contribution < -0.4 is 20.1 Å². The fourth-order valence-electron chi connectivity index (χ4n) is 3.63. The Hall–Kier alpha value is -1.98. The Labute approximate surface area is 206 Å². The number of para-hydroxylation sites is 1. The smallest absolute Gasteiger partial charge is 0.191 e. The molecule has 1 aromatic carbocycles. The molecule has 2 aliphatic rings. The van der Waals surface area contributed by atoms with E-state index in [0.29, 0.717) is 19.8 Å². The first-order valence-corrected chi connectivity index (χ1v) is 11.1. The van der Waals surface area contributed by atoms with Crippen molar-refractivity contribution in [1.82, 2.24) is 15.5 Å². The summed E-state index contributed by atoms with van der Waals surface area (Å²) in [4.78, 5) is 7.22. The van der Waals surface area contributed by atoms with Crippen LogP contribution in [0.25, 0.3) is 0 Å². The van der Waals surface area contributed by atoms with Crippen LogP contribution in [-0.4, -0.2) is 70.0 Å². The summed E-state index contributed by atoms with van der Waals surface area (Å²) < 4.78 is 22.6. The highest BCUT2D eigenvalue weighted by Gasteiger charge is 2.14. The maximum atomic E-state index is 5.94. The molecular formula is C23H33IN4O4. The highest BCUT2D eigenvalue weighted by Crippen LogP contribution is 2.33. The standard InChI is InChI=1S/C23H32N4O4.HI/c1-4-19(22-21(6-1)30-14-3-15-31-22)18-26-23(24-8-7-20-5-2-13-29-20)25-9-10-27-11-16-28-17-12-27;/h1-2,4-6,13H,3,7-12,14-18H2,(H2,24,25,26);1H. The summed E-state index contributed by atoms with van der Waals surface area (Å²) >= 11 is 0. The third-order valence-electron chi connectivity index (χ3n) is 5.33. The Bertz CT molecular complexity index is 825. The van der Waals surface area contributed by atoms with Crippen LogP contribution in [0, 0.1) is 0 Å². The number of ether oxygens (including phenoxy) is 3. The number of hydrogen-bond acceptors (Lipinski definition) is 6. The van der Waals surface area contributed by atoms with Gasteiger partial charge in [0.25, 0.3) is 0 Å². The molecule has 2 aromatic rings. The van der Waals surface area contributed by atoms with E-state index in [-0.39, 0.29) is 24.0 Å². The van der Waals surface area contributed by atoms with Crippen molar-refractivity contribution in [3.05, 3.63) is 47.9 Å². The van der Waals surface area contributed by atoms with E-state index in [1.807, 2.05) is 30.3 Å². The number of nitrogens with zero attached hydrogens (tertiary/aromatic N) is 2. The van der Waals surface area contributed by atoms with E-state index in [4.69, 9.17) is 23.6 Å². The maximum absolute atomic E-state index is 5.94. The van der Waals surface area contributed by atoms with E-state index >= 15 is 0 Å². The quantitative estimate of drug-likeness (QED) is 0.294. The molecule has 0 amide bonds. The summed E-state index contributed by atoms with van der Waals surface area (Å²) in [6.45, 7) is 7.96. The SMILES string of the molecule is I.c1coc(CCNC(=NCc2cccc3c2OCCCO3)NCCN2CCOCC2)c1. The molecular weight excluding hydrogens is 523 g/mol. The molecule has 0 aliphatic carbocycles. The fraction of sp³-hybridized carbons (Fsp3) is 0.522. The van der Waals surface area contributed by atoms with Crippen molar-refractivity contribution in [2.24, 2.45) is 4.99 Å². The molecule has 1 fully saturated rings. The first-order chi connectivity index (χ1) is 15.4. The molecule has 1 saturated heterocycles. The zero-order chi connectivity index (χ0) is 21.1. The van der Waals surface area contributed by atoms with Crippen molar-refractivity contribution in [2.45, 2.75) is 19.4 Å². The van der Waals surface area contributed by atoms with Gasteiger partial charge in [0.15, 0.2) is 17.5 Å². The first kappa shape index (κ1) is 24.7. The molecule has 0 unspecified atom stereocenters. The molecule has 0 saturated carbocycles. The van der Waals surface area contributed by atoms with Gasteiger partial charge >= 0.3 is 0 Å². The highest BCUT2D eigenvalue weighted by atomic mass is 127. The summed E-state index contributed by atoms with van der Waals surface area (Å²) in [7, 11) is 0. The summed E-state index contributed by atoms with van der Waals surface area (Å²) in [5.41, 5.74) is 1.03. The molecule has 8 nitrogen and oxygen atoms in total. The highest BCUT2D eigenvalue weighted by molar-refractivity contribution is 14.0. The largest absolute Gasteiger partial charge is 0.490 e. The normalized spacial score (nSPS) is 16.7. The van der Waals surface area contributed by atoms with Crippen LogP contribution in [0.3, 0.4) is 0 Å². The van der Waals surface area contributed by atoms with Crippen LogP contribution >= 0.6 is 24.0 Å². The number of rotatable bonds is 8. The Kier molecular flexibility index (Phi) is 10.4. The van der Waals surface area contributed by atoms with Gasteiger partial charge in [0.1, 0.15) is 5.76 Å². The van der Waals surface area contributed by atoms with Gasteiger partial charge in [0.2, 0.25) is 0 Å². The summed E-state index contributed by atoms with van der Waals surface area (Å²) in [5, 5.41) is 6.89. The summed E-state index contributed by atoms with van der Waals surface area (Å²) in [5.74, 6) is 3.36. The van der Waals surface area contributed by atoms with Gasteiger partial charge in [0.05, 0.1) is 39.2 Å². The lowest BCUT2D eigenvalue weighted by atomic mass is 10.2. The van der Waals surface area contributed by atoms with Crippen LogP contribution in [0.4, 0.5) is 0 Å². The van der Waals surface area contributed by atoms with Gasteiger partial charge in [-0.25, -0.2) is 4.99 Å². The second-order valence-corrected chi connectivity index (χ2v) is 7.60. The van der Waals surface area contributed by atoms with E-state index in [2.05, 4.69) is 15.5 Å². The molecule has 176 valence electrons. The molecule has 0 bridgehead atoms. The topological polar surface area (TPSA) is 80.5 Å². The van der Waals surface area contributed by atoms with E-state index in [1.54, 1.807) is 6.26 Å². The van der Waals surface area contributed by atoms with Crippen molar-refractivity contribution in [3.63, 3.8) is 0 Å². The van der Waals surface area contributed by atoms with E-state index in [0.717, 1.165) is 87.6 Å². The molecule has 1 aromatic heterocycles. The molecule has 9 heteroatoms. The molecule has 0 spiro atoms. The minimum atomic E-state index is 0. The number of aliphatic imine (C=N–C) groups is 1. The van der Waals surface area contributed by atoms with Gasteiger partial charge in [-0.2, -0.15) is 0 Å². The lowest BCUT2D eigenvalue weighted by Crippen LogP contribution is -2.44. The van der Waals surface area contributed by atoms with Gasteiger partial charge in [-0.15, -0.1) is 24.0 Å². The van der Waals surface area contributed by atoms with E-state index in [1.165, 1.54) is 0 Å². The van der Waals surface area contributed by atoms with Crippen LogP contribution in [0.1, 0.15) is 17.7 Å². The molecule has 4 rings (SSSR count).